The Morgan fingerprint density at radius 3 is 3.17 bits per heavy atom. The highest BCUT2D eigenvalue weighted by atomic mass is 79.9. The molecule has 62 valence electrons. The van der Waals surface area contributed by atoms with Gasteiger partial charge in [-0.2, -0.15) is 0 Å². The van der Waals surface area contributed by atoms with Crippen LogP contribution < -0.4 is 15.3 Å². The number of rotatable bonds is 1. The van der Waals surface area contributed by atoms with Gasteiger partial charge in [0.25, 0.3) is 0 Å². The standard InChI is InChI=1S/C8H7BrN2O/c1-12-8-5-2-3-10-7(5)6(9)4-11-8/h2,4H,3H2,1H3. The van der Waals surface area contributed by atoms with E-state index in [2.05, 4.69) is 25.9 Å². The van der Waals surface area contributed by atoms with Gasteiger partial charge in [-0.1, -0.05) is 0 Å². The fourth-order valence-corrected chi connectivity index (χ4v) is 1.65. The third-order valence-electron chi connectivity index (χ3n) is 1.75. The first-order chi connectivity index (χ1) is 5.83. The van der Waals surface area contributed by atoms with Crippen molar-refractivity contribution >= 4 is 22.0 Å². The summed E-state index contributed by atoms with van der Waals surface area (Å²) in [5.41, 5.74) is 0. The summed E-state index contributed by atoms with van der Waals surface area (Å²) in [6.07, 6.45) is 3.71. The normalized spacial score (nSPS) is 13.2. The van der Waals surface area contributed by atoms with Crippen LogP contribution in [-0.4, -0.2) is 18.6 Å². The van der Waals surface area contributed by atoms with E-state index in [1.165, 1.54) is 0 Å². The summed E-state index contributed by atoms with van der Waals surface area (Å²) in [6.45, 7) is 0.718. The number of hydrogen-bond donors (Lipinski definition) is 0. The van der Waals surface area contributed by atoms with Gasteiger partial charge in [-0.05, 0) is 22.0 Å². The topological polar surface area (TPSA) is 34.5 Å². The van der Waals surface area contributed by atoms with E-state index in [1.807, 2.05) is 6.08 Å². The highest BCUT2D eigenvalue weighted by Crippen LogP contribution is 2.03. The molecular weight excluding hydrogens is 220 g/mol. The summed E-state index contributed by atoms with van der Waals surface area (Å²) < 4.78 is 6.01. The highest BCUT2D eigenvalue weighted by Gasteiger charge is 2.05. The average molecular weight is 227 g/mol. The van der Waals surface area contributed by atoms with Crippen LogP contribution in [0.15, 0.2) is 15.7 Å². The Kier molecular flexibility index (Phi) is 1.84. The van der Waals surface area contributed by atoms with E-state index in [-0.39, 0.29) is 0 Å². The molecule has 0 N–H and O–H groups in total. The zero-order valence-corrected chi connectivity index (χ0v) is 8.13. The highest BCUT2D eigenvalue weighted by molar-refractivity contribution is 9.10. The van der Waals surface area contributed by atoms with Gasteiger partial charge in [0.2, 0.25) is 5.88 Å². The second-order valence-corrected chi connectivity index (χ2v) is 3.28. The van der Waals surface area contributed by atoms with Crippen LogP contribution in [0, 0.1) is 0 Å². The van der Waals surface area contributed by atoms with E-state index in [0.717, 1.165) is 21.6 Å². The van der Waals surface area contributed by atoms with Crippen LogP contribution in [0.3, 0.4) is 0 Å². The summed E-state index contributed by atoms with van der Waals surface area (Å²) in [7, 11) is 1.61. The molecule has 0 amide bonds. The third-order valence-corrected chi connectivity index (χ3v) is 2.33. The van der Waals surface area contributed by atoms with Gasteiger partial charge in [0, 0.05) is 6.20 Å². The molecular formula is C8H7BrN2O. The summed E-state index contributed by atoms with van der Waals surface area (Å²) in [6, 6.07) is 0. The Hall–Kier alpha value is -0.900. The minimum absolute atomic E-state index is 0.648. The number of ether oxygens (including phenoxy) is 1. The van der Waals surface area contributed by atoms with E-state index < -0.39 is 0 Å². The first-order valence-corrected chi connectivity index (χ1v) is 4.35. The molecule has 3 nitrogen and oxygen atoms in total. The quantitative estimate of drug-likeness (QED) is 0.689. The summed E-state index contributed by atoms with van der Waals surface area (Å²) in [5.74, 6) is 0.648. The lowest BCUT2D eigenvalue weighted by Crippen LogP contribution is -2.25. The number of fused-ring (bicyclic) bond motifs is 1. The number of aromatic nitrogens is 1. The second-order valence-electron chi connectivity index (χ2n) is 2.42. The number of halogens is 1. The van der Waals surface area contributed by atoms with E-state index in [4.69, 9.17) is 4.74 Å². The van der Waals surface area contributed by atoms with Crippen molar-refractivity contribution in [3.63, 3.8) is 0 Å². The maximum atomic E-state index is 5.09. The monoisotopic (exact) mass is 226 g/mol. The molecule has 0 spiro atoms. The van der Waals surface area contributed by atoms with Gasteiger partial charge in [0.05, 0.1) is 28.7 Å². The van der Waals surface area contributed by atoms with E-state index in [9.17, 15) is 0 Å². The molecule has 0 saturated carbocycles. The average Bonchev–Trinajstić information content (AvgIpc) is 2.54. The molecule has 2 rings (SSSR count). The largest absolute Gasteiger partial charge is 0.481 e. The van der Waals surface area contributed by atoms with E-state index >= 15 is 0 Å². The van der Waals surface area contributed by atoms with Crippen LogP contribution >= 0.6 is 15.9 Å². The fourth-order valence-electron chi connectivity index (χ4n) is 1.21. The zero-order valence-electron chi connectivity index (χ0n) is 6.54. The van der Waals surface area contributed by atoms with E-state index in [0.29, 0.717) is 5.88 Å². The minimum Gasteiger partial charge on any atom is -0.481 e. The molecule has 0 fully saturated rings. The van der Waals surface area contributed by atoms with Crippen molar-refractivity contribution in [3.8, 4) is 5.88 Å². The summed E-state index contributed by atoms with van der Waals surface area (Å²) >= 11 is 3.38. The van der Waals surface area contributed by atoms with Gasteiger partial charge in [-0.3, -0.25) is 4.99 Å². The van der Waals surface area contributed by atoms with Gasteiger partial charge >= 0.3 is 0 Å². The maximum absolute atomic E-state index is 5.09. The number of methoxy groups -OCH3 is 1. The zero-order chi connectivity index (χ0) is 8.55. The first kappa shape index (κ1) is 7.73. The van der Waals surface area contributed by atoms with Crippen LogP contribution in [0.5, 0.6) is 5.88 Å². The molecule has 1 aliphatic rings. The number of nitrogens with zero attached hydrogens (tertiary/aromatic N) is 2. The van der Waals surface area contributed by atoms with Crippen LogP contribution in [0.1, 0.15) is 0 Å². The molecule has 0 atom stereocenters. The molecule has 0 bridgehead atoms. The molecule has 1 aromatic rings. The minimum atomic E-state index is 0.648. The smallest absolute Gasteiger partial charge is 0.222 e. The molecule has 2 heterocycles. The Labute approximate surface area is 77.9 Å². The van der Waals surface area contributed by atoms with Gasteiger partial charge in [0.15, 0.2) is 0 Å². The molecule has 1 aromatic heterocycles. The molecule has 0 saturated heterocycles. The first-order valence-electron chi connectivity index (χ1n) is 3.56. The Morgan fingerprint density at radius 1 is 1.58 bits per heavy atom. The van der Waals surface area contributed by atoms with Crippen molar-refractivity contribution in [3.05, 3.63) is 21.2 Å². The predicted octanol–water partition coefficient (Wildman–Crippen LogP) is 0.266. The number of hydrogen-bond acceptors (Lipinski definition) is 3. The molecule has 1 aliphatic heterocycles. The van der Waals surface area contributed by atoms with Crippen LogP contribution in [0.25, 0.3) is 6.08 Å². The molecule has 0 radical (unpaired) electrons. The second kappa shape index (κ2) is 2.86. The molecule has 0 unspecified atom stereocenters. The molecule has 4 heteroatoms. The Bertz CT molecular complexity index is 427. The molecule has 0 aromatic carbocycles. The van der Waals surface area contributed by atoms with E-state index in [1.54, 1.807) is 13.3 Å². The maximum Gasteiger partial charge on any atom is 0.222 e. The van der Waals surface area contributed by atoms with Gasteiger partial charge in [0.1, 0.15) is 0 Å². The van der Waals surface area contributed by atoms with Crippen molar-refractivity contribution in [2.75, 3.05) is 13.7 Å². The van der Waals surface area contributed by atoms with Gasteiger partial charge in [-0.15, -0.1) is 0 Å². The summed E-state index contributed by atoms with van der Waals surface area (Å²) in [5, 5.41) is 1.94. The number of pyridine rings is 1. The summed E-state index contributed by atoms with van der Waals surface area (Å²) in [4.78, 5) is 8.39. The Morgan fingerprint density at radius 2 is 2.42 bits per heavy atom. The molecule has 0 aliphatic carbocycles. The lowest BCUT2D eigenvalue weighted by molar-refractivity contribution is 0.393. The van der Waals surface area contributed by atoms with Crippen LogP contribution in [-0.2, 0) is 0 Å². The third kappa shape index (κ3) is 1.03. The molecule has 12 heavy (non-hydrogen) atoms. The van der Waals surface area contributed by atoms with Crippen LogP contribution in [0.2, 0.25) is 0 Å². The van der Waals surface area contributed by atoms with Gasteiger partial charge in [-0.25, -0.2) is 4.98 Å². The van der Waals surface area contributed by atoms with Gasteiger partial charge < -0.3 is 4.74 Å². The fraction of sp³-hybridized carbons (Fsp3) is 0.250. The van der Waals surface area contributed by atoms with Crippen LogP contribution in [0.4, 0.5) is 0 Å². The Balaban J connectivity index is 2.84. The van der Waals surface area contributed by atoms with Crippen molar-refractivity contribution in [2.45, 2.75) is 0 Å². The van der Waals surface area contributed by atoms with Crippen molar-refractivity contribution in [1.29, 1.82) is 0 Å². The SMILES string of the molecule is COc1ncc(Br)c2c1=CCN=2. The lowest BCUT2D eigenvalue weighted by Gasteiger charge is -1.97. The lowest BCUT2D eigenvalue weighted by atomic mass is 10.3. The van der Waals surface area contributed by atoms with Crippen molar-refractivity contribution in [1.82, 2.24) is 4.98 Å². The predicted molar refractivity (Wildman–Crippen MR) is 48.6 cm³/mol. The van der Waals surface area contributed by atoms with Crippen molar-refractivity contribution < 1.29 is 4.74 Å². The van der Waals surface area contributed by atoms with Crippen molar-refractivity contribution in [2.24, 2.45) is 4.99 Å².